The van der Waals surface area contributed by atoms with E-state index in [4.69, 9.17) is 0 Å². The number of hydrogen-bond acceptors (Lipinski definition) is 2. The number of nitrogens with zero attached hydrogens (tertiary/aromatic N) is 4. The van der Waals surface area contributed by atoms with Gasteiger partial charge in [-0.2, -0.15) is 0 Å². The average Bonchev–Trinajstić information content (AvgIpc) is 2.67. The van der Waals surface area contributed by atoms with E-state index in [0.29, 0.717) is 0 Å². The highest BCUT2D eigenvalue weighted by molar-refractivity contribution is 5.75. The molecule has 14 heavy (non-hydrogen) atoms. The van der Waals surface area contributed by atoms with Gasteiger partial charge in [-0.15, -0.1) is 0 Å². The topological polar surface area (TPSA) is 35.6 Å². The molecular formula is C9H14BN4. The Morgan fingerprint density at radius 2 is 1.86 bits per heavy atom. The Kier molecular flexibility index (Phi) is 5.37. The number of aryl methyl sites for hydroxylation is 3. The second-order valence-electron chi connectivity index (χ2n) is 2.81. The molecule has 2 aromatic rings. The van der Waals surface area contributed by atoms with Crippen LogP contribution in [0.3, 0.4) is 0 Å². The molecule has 0 aromatic carbocycles. The molecule has 0 saturated heterocycles. The van der Waals surface area contributed by atoms with Crippen molar-refractivity contribution in [1.82, 2.24) is 19.1 Å². The standard InChI is InChI=1S/C5H8N2.C4H6N2.B/c1-5-6-3-4-7(5)2;1-6-3-2-5-4-6;/h3-4H,1-2H3;2-4H,1H3;. The van der Waals surface area contributed by atoms with Gasteiger partial charge >= 0.3 is 0 Å². The van der Waals surface area contributed by atoms with E-state index in [1.165, 1.54) is 0 Å². The number of imidazole rings is 2. The highest BCUT2D eigenvalue weighted by Gasteiger charge is 1.83. The Labute approximate surface area is 86.2 Å². The fourth-order valence-corrected chi connectivity index (χ4v) is 0.766. The summed E-state index contributed by atoms with van der Waals surface area (Å²) in [6.07, 6.45) is 9.10. The molecule has 2 heterocycles. The minimum absolute atomic E-state index is 0. The third kappa shape index (κ3) is 3.93. The van der Waals surface area contributed by atoms with Crippen LogP contribution in [0.2, 0.25) is 0 Å². The molecule has 3 radical (unpaired) electrons. The minimum atomic E-state index is 0. The van der Waals surface area contributed by atoms with Gasteiger partial charge < -0.3 is 9.13 Å². The van der Waals surface area contributed by atoms with E-state index in [0.717, 1.165) is 5.82 Å². The molecule has 0 aliphatic rings. The van der Waals surface area contributed by atoms with Crippen molar-refractivity contribution in [2.75, 3.05) is 0 Å². The van der Waals surface area contributed by atoms with E-state index in [9.17, 15) is 0 Å². The lowest BCUT2D eigenvalue weighted by molar-refractivity contribution is 0.858. The van der Waals surface area contributed by atoms with Gasteiger partial charge in [-0.05, 0) is 6.92 Å². The van der Waals surface area contributed by atoms with Gasteiger partial charge in [0.05, 0.1) is 6.33 Å². The quantitative estimate of drug-likeness (QED) is 0.573. The van der Waals surface area contributed by atoms with Crippen LogP contribution in [0.4, 0.5) is 0 Å². The van der Waals surface area contributed by atoms with Crippen LogP contribution in [-0.4, -0.2) is 27.5 Å². The summed E-state index contributed by atoms with van der Waals surface area (Å²) in [7, 11) is 3.91. The molecule has 0 amide bonds. The van der Waals surface area contributed by atoms with Crippen molar-refractivity contribution in [3.63, 3.8) is 0 Å². The zero-order chi connectivity index (χ0) is 9.68. The van der Waals surface area contributed by atoms with E-state index in [1.807, 2.05) is 42.5 Å². The number of aromatic nitrogens is 4. The predicted molar refractivity (Wildman–Crippen MR) is 56.9 cm³/mol. The molecular weight excluding hydrogens is 175 g/mol. The molecule has 0 atom stereocenters. The summed E-state index contributed by atoms with van der Waals surface area (Å²) >= 11 is 0. The first-order valence-electron chi connectivity index (χ1n) is 4.06. The fourth-order valence-electron chi connectivity index (χ4n) is 0.766. The molecule has 2 rings (SSSR count). The largest absolute Gasteiger partial charge is 0.341 e. The molecule has 0 saturated carbocycles. The van der Waals surface area contributed by atoms with Gasteiger partial charge in [0.2, 0.25) is 0 Å². The first-order chi connectivity index (χ1) is 6.20. The first kappa shape index (κ1) is 12.5. The number of hydrogen-bond donors (Lipinski definition) is 0. The Bertz CT molecular complexity index is 323. The molecule has 0 fully saturated rings. The SMILES string of the molecule is Cc1nccn1C.Cn1ccnc1.[B]. The third-order valence-electron chi connectivity index (χ3n) is 1.70. The van der Waals surface area contributed by atoms with Gasteiger partial charge in [0.25, 0.3) is 0 Å². The predicted octanol–water partition coefficient (Wildman–Crippen LogP) is 0.768. The summed E-state index contributed by atoms with van der Waals surface area (Å²) in [5, 5.41) is 0. The molecule has 4 nitrogen and oxygen atoms in total. The van der Waals surface area contributed by atoms with Gasteiger partial charge in [-0.25, -0.2) is 9.97 Å². The lowest BCUT2D eigenvalue weighted by atomic mass is 10.7. The van der Waals surface area contributed by atoms with Crippen LogP contribution in [0, 0.1) is 6.92 Å². The van der Waals surface area contributed by atoms with Crippen LogP contribution in [0.5, 0.6) is 0 Å². The van der Waals surface area contributed by atoms with Crippen molar-refractivity contribution in [3.05, 3.63) is 36.9 Å². The van der Waals surface area contributed by atoms with Crippen molar-refractivity contribution in [2.45, 2.75) is 6.92 Å². The van der Waals surface area contributed by atoms with E-state index in [1.54, 1.807) is 18.7 Å². The fraction of sp³-hybridized carbons (Fsp3) is 0.333. The first-order valence-corrected chi connectivity index (χ1v) is 4.06. The van der Waals surface area contributed by atoms with Crippen molar-refractivity contribution in [2.24, 2.45) is 14.1 Å². The molecule has 0 aliphatic carbocycles. The summed E-state index contributed by atoms with van der Waals surface area (Å²) < 4.78 is 3.86. The Hall–Kier alpha value is -1.52. The molecule has 5 heteroatoms. The second kappa shape index (κ2) is 6.02. The summed E-state index contributed by atoms with van der Waals surface area (Å²) in [5.41, 5.74) is 0. The zero-order valence-corrected chi connectivity index (χ0v) is 8.75. The van der Waals surface area contributed by atoms with Gasteiger partial charge in [0, 0.05) is 47.3 Å². The van der Waals surface area contributed by atoms with Gasteiger partial charge in [0.1, 0.15) is 5.82 Å². The van der Waals surface area contributed by atoms with Gasteiger partial charge in [-0.3, -0.25) is 0 Å². The highest BCUT2D eigenvalue weighted by Crippen LogP contribution is 1.86. The Balaban J connectivity index is 0.000000227. The molecule has 0 aliphatic heterocycles. The van der Waals surface area contributed by atoms with Crippen molar-refractivity contribution in [3.8, 4) is 0 Å². The maximum atomic E-state index is 3.98. The Morgan fingerprint density at radius 3 is 2.00 bits per heavy atom. The monoisotopic (exact) mass is 189 g/mol. The second-order valence-corrected chi connectivity index (χ2v) is 2.81. The van der Waals surface area contributed by atoms with E-state index < -0.39 is 0 Å². The zero-order valence-electron chi connectivity index (χ0n) is 8.75. The molecule has 0 unspecified atom stereocenters. The average molecular weight is 189 g/mol. The lowest BCUT2D eigenvalue weighted by Gasteiger charge is -1.87. The number of rotatable bonds is 0. The third-order valence-corrected chi connectivity index (χ3v) is 1.70. The van der Waals surface area contributed by atoms with Gasteiger partial charge in [0.15, 0.2) is 0 Å². The van der Waals surface area contributed by atoms with Crippen LogP contribution in [0.1, 0.15) is 5.82 Å². The minimum Gasteiger partial charge on any atom is -0.341 e. The smallest absolute Gasteiger partial charge is 0.105 e. The maximum Gasteiger partial charge on any atom is 0.105 e. The van der Waals surface area contributed by atoms with Gasteiger partial charge in [-0.1, -0.05) is 0 Å². The summed E-state index contributed by atoms with van der Waals surface area (Å²) in [5.74, 6) is 1.06. The molecule has 2 aromatic heterocycles. The molecule has 0 spiro atoms. The molecule has 0 N–H and O–H groups in total. The van der Waals surface area contributed by atoms with E-state index in [-0.39, 0.29) is 8.41 Å². The van der Waals surface area contributed by atoms with E-state index in [2.05, 4.69) is 9.97 Å². The Morgan fingerprint density at radius 1 is 1.14 bits per heavy atom. The summed E-state index contributed by atoms with van der Waals surface area (Å²) in [6.45, 7) is 1.97. The van der Waals surface area contributed by atoms with Crippen LogP contribution in [0.15, 0.2) is 31.1 Å². The van der Waals surface area contributed by atoms with Crippen LogP contribution < -0.4 is 0 Å². The van der Waals surface area contributed by atoms with Crippen molar-refractivity contribution < 1.29 is 0 Å². The maximum absolute atomic E-state index is 3.98. The van der Waals surface area contributed by atoms with Crippen LogP contribution >= 0.6 is 0 Å². The van der Waals surface area contributed by atoms with Crippen molar-refractivity contribution in [1.29, 1.82) is 0 Å². The highest BCUT2D eigenvalue weighted by atomic mass is 15.0. The molecule has 0 bridgehead atoms. The summed E-state index contributed by atoms with van der Waals surface area (Å²) in [6, 6.07) is 0. The normalized spacial score (nSPS) is 8.50. The van der Waals surface area contributed by atoms with Crippen LogP contribution in [0.25, 0.3) is 0 Å². The van der Waals surface area contributed by atoms with E-state index >= 15 is 0 Å². The van der Waals surface area contributed by atoms with Crippen LogP contribution in [-0.2, 0) is 14.1 Å². The van der Waals surface area contributed by atoms with Crippen molar-refractivity contribution >= 4 is 8.41 Å². The lowest BCUT2D eigenvalue weighted by Crippen LogP contribution is -1.86. The molecule has 73 valence electrons. The summed E-state index contributed by atoms with van der Waals surface area (Å²) in [4.78, 5) is 7.76.